The summed E-state index contributed by atoms with van der Waals surface area (Å²) in [6.07, 6.45) is 10.7. The van der Waals surface area contributed by atoms with E-state index in [1.807, 2.05) is 12.3 Å². The molecule has 0 radical (unpaired) electrons. The Labute approximate surface area is 161 Å². The molecule has 0 unspecified atom stereocenters. The molecular formula is C21H28N4S. The molecule has 1 aliphatic heterocycles. The standard InChI is InChI=1S/C21H28N4S/c1-15(2)25-20(19(23-21(25)26)17-11-6-7-13-22-17)18-12-8-14-24(18)16-9-4-3-5-10-16/h6-8,11-16,19-20H,3-5,9-10H2,1-2H3,(H,23,26)/t19-,20+/m0/s1. The number of thiocarbonyl (C=S) groups is 1. The molecule has 1 aliphatic carbocycles. The van der Waals surface area contributed by atoms with Gasteiger partial charge in [-0.1, -0.05) is 25.3 Å². The van der Waals surface area contributed by atoms with E-state index in [0.29, 0.717) is 12.1 Å². The van der Waals surface area contributed by atoms with Gasteiger partial charge in [-0.15, -0.1) is 0 Å². The molecule has 1 saturated heterocycles. The Morgan fingerprint density at radius 2 is 1.92 bits per heavy atom. The number of nitrogens with one attached hydrogen (secondary N) is 1. The van der Waals surface area contributed by atoms with Gasteiger partial charge in [-0.05, 0) is 63.2 Å². The van der Waals surface area contributed by atoms with Gasteiger partial charge in [0.2, 0.25) is 0 Å². The third-order valence-electron chi connectivity index (χ3n) is 5.77. The van der Waals surface area contributed by atoms with Crippen molar-refractivity contribution in [1.29, 1.82) is 0 Å². The molecule has 1 saturated carbocycles. The number of pyridine rings is 1. The average molecular weight is 369 g/mol. The fraction of sp³-hybridized carbons (Fsp3) is 0.524. The van der Waals surface area contributed by atoms with E-state index in [4.69, 9.17) is 12.2 Å². The van der Waals surface area contributed by atoms with E-state index in [0.717, 1.165) is 10.8 Å². The Morgan fingerprint density at radius 1 is 1.12 bits per heavy atom. The van der Waals surface area contributed by atoms with Gasteiger partial charge in [0, 0.05) is 30.2 Å². The zero-order chi connectivity index (χ0) is 18.1. The quantitative estimate of drug-likeness (QED) is 0.788. The molecule has 138 valence electrons. The van der Waals surface area contributed by atoms with Crippen LogP contribution in [-0.4, -0.2) is 25.6 Å². The molecule has 4 nitrogen and oxygen atoms in total. The number of hydrogen-bond donors (Lipinski definition) is 1. The summed E-state index contributed by atoms with van der Waals surface area (Å²) in [7, 11) is 0. The molecule has 26 heavy (non-hydrogen) atoms. The van der Waals surface area contributed by atoms with E-state index in [1.165, 1.54) is 37.8 Å². The van der Waals surface area contributed by atoms with Crippen LogP contribution < -0.4 is 5.32 Å². The molecule has 1 N–H and O–H groups in total. The monoisotopic (exact) mass is 368 g/mol. The van der Waals surface area contributed by atoms with Crippen LogP contribution in [0.2, 0.25) is 0 Å². The van der Waals surface area contributed by atoms with Gasteiger partial charge in [0.05, 0.1) is 17.8 Å². The summed E-state index contributed by atoms with van der Waals surface area (Å²) in [5.41, 5.74) is 2.41. The van der Waals surface area contributed by atoms with Gasteiger partial charge in [0.1, 0.15) is 0 Å². The average Bonchev–Trinajstić information content (AvgIpc) is 3.27. The normalized spacial score (nSPS) is 24.3. The highest BCUT2D eigenvalue weighted by atomic mass is 32.1. The molecule has 2 atom stereocenters. The van der Waals surface area contributed by atoms with Crippen LogP contribution in [0.25, 0.3) is 0 Å². The molecule has 0 bridgehead atoms. The van der Waals surface area contributed by atoms with Crippen molar-refractivity contribution in [3.8, 4) is 0 Å². The van der Waals surface area contributed by atoms with Crippen molar-refractivity contribution < 1.29 is 0 Å². The van der Waals surface area contributed by atoms with Crippen molar-refractivity contribution >= 4 is 17.3 Å². The smallest absolute Gasteiger partial charge is 0.170 e. The Morgan fingerprint density at radius 3 is 2.62 bits per heavy atom. The first-order chi connectivity index (χ1) is 12.7. The summed E-state index contributed by atoms with van der Waals surface area (Å²) in [6, 6.07) is 11.8. The van der Waals surface area contributed by atoms with E-state index >= 15 is 0 Å². The summed E-state index contributed by atoms with van der Waals surface area (Å²) in [5, 5.41) is 4.38. The van der Waals surface area contributed by atoms with Gasteiger partial charge in [-0.3, -0.25) is 4.98 Å². The highest BCUT2D eigenvalue weighted by Crippen LogP contribution is 2.42. The maximum atomic E-state index is 5.72. The molecule has 2 aliphatic rings. The van der Waals surface area contributed by atoms with E-state index < -0.39 is 0 Å². The first kappa shape index (κ1) is 17.5. The third kappa shape index (κ3) is 3.13. The first-order valence-electron chi connectivity index (χ1n) is 9.83. The summed E-state index contributed by atoms with van der Waals surface area (Å²) >= 11 is 5.72. The van der Waals surface area contributed by atoms with Gasteiger partial charge in [0.15, 0.2) is 5.11 Å². The van der Waals surface area contributed by atoms with Crippen molar-refractivity contribution in [1.82, 2.24) is 19.8 Å². The second kappa shape index (κ2) is 7.39. The van der Waals surface area contributed by atoms with Gasteiger partial charge in [-0.2, -0.15) is 0 Å². The van der Waals surface area contributed by atoms with Crippen LogP contribution in [0.15, 0.2) is 42.7 Å². The van der Waals surface area contributed by atoms with Crippen LogP contribution in [0.5, 0.6) is 0 Å². The predicted octanol–water partition coefficient (Wildman–Crippen LogP) is 4.77. The van der Waals surface area contributed by atoms with E-state index in [1.54, 1.807) is 0 Å². The summed E-state index contributed by atoms with van der Waals surface area (Å²) in [6.45, 7) is 4.44. The molecular weight excluding hydrogens is 340 g/mol. The highest BCUT2D eigenvalue weighted by Gasteiger charge is 2.42. The van der Waals surface area contributed by atoms with Crippen LogP contribution in [0.3, 0.4) is 0 Å². The Hall–Kier alpha value is -1.88. The lowest BCUT2D eigenvalue weighted by molar-refractivity contribution is 0.246. The van der Waals surface area contributed by atoms with Crippen LogP contribution in [0.1, 0.15) is 75.5 Å². The SMILES string of the molecule is CC(C)N1C(=S)N[C@@H](c2ccccn2)[C@H]1c1cccn1C1CCCCC1. The minimum atomic E-state index is 0.0864. The minimum Gasteiger partial charge on any atom is -0.352 e. The largest absolute Gasteiger partial charge is 0.352 e. The molecule has 0 spiro atoms. The van der Waals surface area contributed by atoms with Gasteiger partial charge >= 0.3 is 0 Å². The van der Waals surface area contributed by atoms with Crippen molar-refractivity contribution in [2.45, 2.75) is 70.1 Å². The number of nitrogens with zero attached hydrogens (tertiary/aromatic N) is 3. The summed E-state index contributed by atoms with van der Waals surface area (Å²) < 4.78 is 2.52. The molecule has 3 heterocycles. The van der Waals surface area contributed by atoms with Gasteiger partial charge in [-0.25, -0.2) is 0 Å². The molecule has 4 rings (SSSR count). The highest BCUT2D eigenvalue weighted by molar-refractivity contribution is 7.80. The van der Waals surface area contributed by atoms with Gasteiger partial charge < -0.3 is 14.8 Å². The molecule has 2 aromatic rings. The van der Waals surface area contributed by atoms with Crippen LogP contribution in [0, 0.1) is 0 Å². The van der Waals surface area contributed by atoms with Crippen molar-refractivity contribution in [3.63, 3.8) is 0 Å². The number of aromatic nitrogens is 2. The lowest BCUT2D eigenvalue weighted by Crippen LogP contribution is -2.36. The third-order valence-corrected chi connectivity index (χ3v) is 6.10. The lowest BCUT2D eigenvalue weighted by Gasteiger charge is -2.34. The van der Waals surface area contributed by atoms with E-state index in [-0.39, 0.29) is 12.1 Å². The van der Waals surface area contributed by atoms with E-state index in [2.05, 4.69) is 64.1 Å². The minimum absolute atomic E-state index is 0.0864. The number of hydrogen-bond acceptors (Lipinski definition) is 2. The molecule has 2 fully saturated rings. The lowest BCUT2D eigenvalue weighted by atomic mass is 9.94. The topological polar surface area (TPSA) is 33.1 Å². The van der Waals surface area contributed by atoms with Crippen molar-refractivity contribution in [2.24, 2.45) is 0 Å². The zero-order valence-corrected chi connectivity index (χ0v) is 16.5. The second-order valence-electron chi connectivity index (χ2n) is 7.76. The van der Waals surface area contributed by atoms with Crippen molar-refractivity contribution in [3.05, 3.63) is 54.1 Å². The zero-order valence-electron chi connectivity index (χ0n) is 15.6. The summed E-state index contributed by atoms with van der Waals surface area (Å²) in [4.78, 5) is 6.98. The maximum absolute atomic E-state index is 5.72. The maximum Gasteiger partial charge on any atom is 0.170 e. The summed E-state index contributed by atoms with van der Waals surface area (Å²) in [5.74, 6) is 0. The first-order valence-corrected chi connectivity index (χ1v) is 10.2. The Bertz CT molecular complexity index is 748. The Kier molecular flexibility index (Phi) is 4.98. The fourth-order valence-electron chi connectivity index (χ4n) is 4.59. The number of rotatable bonds is 4. The van der Waals surface area contributed by atoms with Crippen LogP contribution >= 0.6 is 12.2 Å². The van der Waals surface area contributed by atoms with Crippen LogP contribution in [0.4, 0.5) is 0 Å². The van der Waals surface area contributed by atoms with Crippen LogP contribution in [-0.2, 0) is 0 Å². The van der Waals surface area contributed by atoms with Gasteiger partial charge in [0.25, 0.3) is 0 Å². The predicted molar refractivity (Wildman–Crippen MR) is 109 cm³/mol. The molecule has 5 heteroatoms. The molecule has 0 aromatic carbocycles. The Balaban J connectivity index is 1.75. The fourth-order valence-corrected chi connectivity index (χ4v) is 5.04. The molecule has 0 amide bonds. The van der Waals surface area contributed by atoms with E-state index in [9.17, 15) is 0 Å². The molecule has 2 aromatic heterocycles. The second-order valence-corrected chi connectivity index (χ2v) is 8.15. The van der Waals surface area contributed by atoms with Crippen molar-refractivity contribution in [2.75, 3.05) is 0 Å².